The Kier molecular flexibility index (Phi) is 3.44. The third-order valence-corrected chi connectivity index (χ3v) is 4.32. The van der Waals surface area contributed by atoms with Crippen LogP contribution in [0.3, 0.4) is 0 Å². The first-order valence-electron chi connectivity index (χ1n) is 7.96. The van der Waals surface area contributed by atoms with Crippen molar-refractivity contribution in [2.45, 2.75) is 6.92 Å². The van der Waals surface area contributed by atoms with Gasteiger partial charge in [-0.15, -0.1) is 0 Å². The molecule has 0 radical (unpaired) electrons. The second-order valence-corrected chi connectivity index (χ2v) is 6.01. The molecular formula is C23H18. The van der Waals surface area contributed by atoms with Gasteiger partial charge < -0.3 is 0 Å². The lowest BCUT2D eigenvalue weighted by molar-refractivity contribution is 1.50. The smallest absolute Gasteiger partial charge is 0.0175 e. The van der Waals surface area contributed by atoms with E-state index in [1.54, 1.807) is 0 Å². The van der Waals surface area contributed by atoms with Gasteiger partial charge in [-0.2, -0.15) is 0 Å². The number of fused-ring (bicyclic) bond motifs is 1. The summed E-state index contributed by atoms with van der Waals surface area (Å²) in [5.74, 6) is 0. The fraction of sp³-hybridized carbons (Fsp3) is 0.0435. The molecule has 0 aliphatic carbocycles. The molecular weight excluding hydrogens is 276 g/mol. The maximum Gasteiger partial charge on any atom is -0.0175 e. The zero-order chi connectivity index (χ0) is 15.6. The first kappa shape index (κ1) is 13.8. The third kappa shape index (κ3) is 2.76. The molecule has 0 fully saturated rings. The van der Waals surface area contributed by atoms with Gasteiger partial charge in [0, 0.05) is 0 Å². The molecule has 0 N–H and O–H groups in total. The van der Waals surface area contributed by atoms with Crippen LogP contribution in [0.4, 0.5) is 0 Å². The lowest BCUT2D eigenvalue weighted by Gasteiger charge is -2.07. The van der Waals surface area contributed by atoms with Crippen LogP contribution in [0.5, 0.6) is 0 Å². The lowest BCUT2D eigenvalue weighted by atomic mass is 9.98. The van der Waals surface area contributed by atoms with Crippen molar-refractivity contribution >= 4 is 10.8 Å². The molecule has 0 bridgehead atoms. The van der Waals surface area contributed by atoms with Crippen LogP contribution in [0.25, 0.3) is 33.0 Å². The lowest BCUT2D eigenvalue weighted by Crippen LogP contribution is -1.82. The van der Waals surface area contributed by atoms with Crippen molar-refractivity contribution in [1.82, 2.24) is 0 Å². The molecule has 4 aromatic carbocycles. The number of rotatable bonds is 2. The van der Waals surface area contributed by atoms with Crippen molar-refractivity contribution in [3.63, 3.8) is 0 Å². The molecule has 0 saturated carbocycles. The predicted molar refractivity (Wildman–Crippen MR) is 99.6 cm³/mol. The van der Waals surface area contributed by atoms with Crippen LogP contribution >= 0.6 is 0 Å². The van der Waals surface area contributed by atoms with Crippen LogP contribution in [0.15, 0.2) is 91.0 Å². The third-order valence-electron chi connectivity index (χ3n) is 4.32. The van der Waals surface area contributed by atoms with Gasteiger partial charge >= 0.3 is 0 Å². The average molecular weight is 294 g/mol. The summed E-state index contributed by atoms with van der Waals surface area (Å²) in [5.41, 5.74) is 6.34. The first-order chi connectivity index (χ1) is 11.3. The molecule has 0 aromatic heterocycles. The summed E-state index contributed by atoms with van der Waals surface area (Å²) in [6, 6.07) is 32.6. The Labute approximate surface area is 137 Å². The van der Waals surface area contributed by atoms with Crippen LogP contribution < -0.4 is 0 Å². The molecule has 0 aliphatic heterocycles. The first-order valence-corrected chi connectivity index (χ1v) is 7.96. The fourth-order valence-corrected chi connectivity index (χ4v) is 3.03. The van der Waals surface area contributed by atoms with E-state index in [1.807, 2.05) is 0 Å². The second kappa shape index (κ2) is 5.73. The molecule has 0 heteroatoms. The van der Waals surface area contributed by atoms with Crippen LogP contribution in [0, 0.1) is 6.92 Å². The molecule has 0 atom stereocenters. The zero-order valence-electron chi connectivity index (χ0n) is 13.2. The van der Waals surface area contributed by atoms with E-state index in [4.69, 9.17) is 0 Å². The minimum atomic E-state index is 1.26. The summed E-state index contributed by atoms with van der Waals surface area (Å²) in [6.45, 7) is 2.14. The van der Waals surface area contributed by atoms with E-state index >= 15 is 0 Å². The molecule has 0 unspecified atom stereocenters. The summed E-state index contributed by atoms with van der Waals surface area (Å²) in [4.78, 5) is 0. The van der Waals surface area contributed by atoms with Crippen molar-refractivity contribution in [1.29, 1.82) is 0 Å². The fourth-order valence-electron chi connectivity index (χ4n) is 3.03. The highest BCUT2D eigenvalue weighted by atomic mass is 14.1. The quantitative estimate of drug-likeness (QED) is 0.397. The molecule has 23 heavy (non-hydrogen) atoms. The zero-order valence-corrected chi connectivity index (χ0v) is 13.2. The molecule has 4 rings (SSSR count). The van der Waals surface area contributed by atoms with Gasteiger partial charge in [-0.3, -0.25) is 0 Å². The van der Waals surface area contributed by atoms with Crippen LogP contribution in [-0.4, -0.2) is 0 Å². The van der Waals surface area contributed by atoms with E-state index in [-0.39, 0.29) is 0 Å². The topological polar surface area (TPSA) is 0 Å². The summed E-state index contributed by atoms with van der Waals surface area (Å²) in [7, 11) is 0. The molecule has 0 spiro atoms. The summed E-state index contributed by atoms with van der Waals surface area (Å²) >= 11 is 0. The summed E-state index contributed by atoms with van der Waals surface area (Å²) in [6.07, 6.45) is 0. The Morgan fingerprint density at radius 3 is 1.74 bits per heavy atom. The highest BCUT2D eigenvalue weighted by Gasteiger charge is 2.02. The van der Waals surface area contributed by atoms with E-state index < -0.39 is 0 Å². The Morgan fingerprint density at radius 2 is 1.00 bits per heavy atom. The van der Waals surface area contributed by atoms with Gasteiger partial charge in [0.1, 0.15) is 0 Å². The van der Waals surface area contributed by atoms with Gasteiger partial charge in [0.2, 0.25) is 0 Å². The predicted octanol–water partition coefficient (Wildman–Crippen LogP) is 6.48. The van der Waals surface area contributed by atoms with E-state index in [9.17, 15) is 0 Å². The highest BCUT2D eigenvalue weighted by molar-refractivity contribution is 5.88. The van der Waals surface area contributed by atoms with Gasteiger partial charge in [-0.1, -0.05) is 90.5 Å². The Balaban J connectivity index is 1.73. The molecule has 0 nitrogen and oxygen atoms in total. The van der Waals surface area contributed by atoms with Gasteiger partial charge in [0.05, 0.1) is 0 Å². The molecule has 0 heterocycles. The van der Waals surface area contributed by atoms with Crippen molar-refractivity contribution in [2.75, 3.05) is 0 Å². The van der Waals surface area contributed by atoms with Crippen molar-refractivity contribution < 1.29 is 0 Å². The monoisotopic (exact) mass is 294 g/mol. The minimum absolute atomic E-state index is 1.26. The molecule has 0 aliphatic rings. The standard InChI is InChI=1S/C23H18/c1-17-7-8-21-13-14-22(16-23(21)15-17)20-11-9-19(10-12-20)18-5-3-2-4-6-18/h2-16H,1H3. The van der Waals surface area contributed by atoms with E-state index in [0.29, 0.717) is 0 Å². The SMILES string of the molecule is Cc1ccc2ccc(-c3ccc(-c4ccccc4)cc3)cc2c1. The number of hydrogen-bond donors (Lipinski definition) is 0. The average Bonchev–Trinajstić information content (AvgIpc) is 2.62. The van der Waals surface area contributed by atoms with E-state index in [1.165, 1.54) is 38.6 Å². The number of benzene rings is 4. The van der Waals surface area contributed by atoms with Gasteiger partial charge in [-0.05, 0) is 46.0 Å². The maximum absolute atomic E-state index is 2.28. The normalized spacial score (nSPS) is 10.8. The van der Waals surface area contributed by atoms with Crippen molar-refractivity contribution in [2.24, 2.45) is 0 Å². The summed E-state index contributed by atoms with van der Waals surface area (Å²) < 4.78 is 0. The molecule has 4 aromatic rings. The van der Waals surface area contributed by atoms with Crippen LogP contribution in [0.1, 0.15) is 5.56 Å². The minimum Gasteiger partial charge on any atom is -0.0622 e. The Morgan fingerprint density at radius 1 is 0.435 bits per heavy atom. The number of aryl methyl sites for hydroxylation is 1. The second-order valence-electron chi connectivity index (χ2n) is 6.01. The largest absolute Gasteiger partial charge is 0.0622 e. The highest BCUT2D eigenvalue weighted by Crippen LogP contribution is 2.27. The van der Waals surface area contributed by atoms with Gasteiger partial charge in [0.15, 0.2) is 0 Å². The maximum atomic E-state index is 2.28. The molecule has 0 amide bonds. The van der Waals surface area contributed by atoms with Crippen LogP contribution in [-0.2, 0) is 0 Å². The van der Waals surface area contributed by atoms with E-state index in [2.05, 4.69) is 97.9 Å². The van der Waals surface area contributed by atoms with Crippen molar-refractivity contribution in [3.05, 3.63) is 96.6 Å². The summed E-state index contributed by atoms with van der Waals surface area (Å²) in [5, 5.41) is 2.59. The van der Waals surface area contributed by atoms with Gasteiger partial charge in [-0.25, -0.2) is 0 Å². The Hall–Kier alpha value is -2.86. The molecule has 110 valence electrons. The van der Waals surface area contributed by atoms with Gasteiger partial charge in [0.25, 0.3) is 0 Å². The van der Waals surface area contributed by atoms with Crippen LogP contribution in [0.2, 0.25) is 0 Å². The number of hydrogen-bond acceptors (Lipinski definition) is 0. The van der Waals surface area contributed by atoms with E-state index in [0.717, 1.165) is 0 Å². The molecule has 0 saturated heterocycles. The van der Waals surface area contributed by atoms with Crippen molar-refractivity contribution in [3.8, 4) is 22.3 Å². The Bertz CT molecular complexity index is 948.